The zero-order valence-corrected chi connectivity index (χ0v) is 25.1. The summed E-state index contributed by atoms with van der Waals surface area (Å²) in [5, 5.41) is 9.75. The first kappa shape index (κ1) is 29.6. The van der Waals surface area contributed by atoms with Crippen molar-refractivity contribution in [2.24, 2.45) is 45.3 Å². The number of carbonyl (C=O) groups excluding carboxylic acids is 3. The summed E-state index contributed by atoms with van der Waals surface area (Å²) in [5.41, 5.74) is 0.120. The maximum Gasteiger partial charge on any atom is 0.308 e. The second-order valence-corrected chi connectivity index (χ2v) is 14.6. The zero-order chi connectivity index (χ0) is 28.3. The molecule has 38 heavy (non-hydrogen) atoms. The molecule has 0 saturated heterocycles. The lowest BCUT2D eigenvalue weighted by molar-refractivity contribution is -0.252. The lowest BCUT2D eigenvalue weighted by atomic mass is 9.34. The van der Waals surface area contributed by atoms with E-state index in [0.717, 1.165) is 12.8 Å². The molecule has 11 unspecified atom stereocenters. The van der Waals surface area contributed by atoms with Gasteiger partial charge < -0.3 is 14.6 Å². The maximum atomic E-state index is 12.9. The molecule has 4 saturated carbocycles. The second kappa shape index (κ2) is 10.2. The van der Waals surface area contributed by atoms with Gasteiger partial charge in [-0.1, -0.05) is 47.5 Å². The molecule has 0 spiro atoms. The number of hydrogen-bond donors (Lipinski definition) is 1. The van der Waals surface area contributed by atoms with E-state index in [2.05, 4.69) is 34.6 Å². The molecule has 6 heteroatoms. The summed E-state index contributed by atoms with van der Waals surface area (Å²) in [6.07, 6.45) is 7.57. The van der Waals surface area contributed by atoms with Crippen molar-refractivity contribution in [3.8, 4) is 0 Å². The molecule has 216 valence electrons. The largest absolute Gasteiger partial charge is 0.462 e. The second-order valence-electron chi connectivity index (χ2n) is 14.6. The zero-order valence-electron chi connectivity index (χ0n) is 25.1. The molecule has 4 aliphatic carbocycles. The van der Waals surface area contributed by atoms with Crippen molar-refractivity contribution in [1.29, 1.82) is 0 Å². The van der Waals surface area contributed by atoms with Gasteiger partial charge in [-0.15, -0.1) is 0 Å². The number of carbonyl (C=O) groups is 3. The third-order valence-electron chi connectivity index (χ3n) is 12.4. The molecule has 0 heterocycles. The molecule has 1 N–H and O–H groups in total. The SMILES string of the molecule is CCC1(C)CCCC2(C)C1CCC1(C)C3CC(OC(=O)CC(C)O)C(C(C)=O)CC3(C)C(OC(C)=O)CC21. The van der Waals surface area contributed by atoms with E-state index in [1.54, 1.807) is 13.8 Å². The third-order valence-corrected chi connectivity index (χ3v) is 12.4. The number of ketones is 1. The summed E-state index contributed by atoms with van der Waals surface area (Å²) in [7, 11) is 0. The van der Waals surface area contributed by atoms with Gasteiger partial charge in [0.15, 0.2) is 0 Å². The number of esters is 2. The van der Waals surface area contributed by atoms with Crippen molar-refractivity contribution in [3.63, 3.8) is 0 Å². The van der Waals surface area contributed by atoms with Crippen LogP contribution in [0.25, 0.3) is 0 Å². The van der Waals surface area contributed by atoms with E-state index < -0.39 is 24.1 Å². The molecule has 0 aromatic heterocycles. The first-order valence-corrected chi connectivity index (χ1v) is 15.2. The van der Waals surface area contributed by atoms with Gasteiger partial charge in [0, 0.05) is 12.3 Å². The minimum Gasteiger partial charge on any atom is -0.462 e. The van der Waals surface area contributed by atoms with Crippen LogP contribution < -0.4 is 0 Å². The topological polar surface area (TPSA) is 89.9 Å². The van der Waals surface area contributed by atoms with Gasteiger partial charge in [0.05, 0.1) is 18.4 Å². The number of fused-ring (bicyclic) bond motifs is 5. The standard InChI is InChI=1S/C32H52O6/c1-9-29(5)12-10-13-30(6)24(29)11-14-31(7)25-16-23(38-28(36)15-19(2)33)22(20(3)34)18-32(25,8)27(17-26(30)31)37-21(4)35/h19,22-27,33H,9-18H2,1-8H3. The van der Waals surface area contributed by atoms with E-state index in [1.807, 2.05) is 0 Å². The van der Waals surface area contributed by atoms with Crippen LogP contribution in [0.15, 0.2) is 0 Å². The van der Waals surface area contributed by atoms with Crippen LogP contribution in [-0.2, 0) is 23.9 Å². The Labute approximate surface area is 230 Å². The van der Waals surface area contributed by atoms with Gasteiger partial charge in [-0.3, -0.25) is 14.4 Å². The summed E-state index contributed by atoms with van der Waals surface area (Å²) >= 11 is 0. The Morgan fingerprint density at radius 1 is 0.895 bits per heavy atom. The number of Topliss-reactive ketones (excluding diaryl/α,β-unsaturated/α-hetero) is 1. The quantitative estimate of drug-likeness (QED) is 0.406. The molecule has 4 fully saturated rings. The fourth-order valence-electron chi connectivity index (χ4n) is 10.5. The number of rotatable bonds is 6. The first-order valence-electron chi connectivity index (χ1n) is 15.2. The highest BCUT2D eigenvalue weighted by atomic mass is 16.5. The predicted molar refractivity (Wildman–Crippen MR) is 146 cm³/mol. The van der Waals surface area contributed by atoms with Crippen molar-refractivity contribution in [2.75, 3.05) is 0 Å². The van der Waals surface area contributed by atoms with Gasteiger partial charge >= 0.3 is 11.9 Å². The van der Waals surface area contributed by atoms with E-state index in [4.69, 9.17) is 9.47 Å². The molecule has 0 amide bonds. The Bertz CT molecular complexity index is 944. The molecule has 0 radical (unpaired) electrons. The van der Waals surface area contributed by atoms with Crippen molar-refractivity contribution < 1.29 is 29.0 Å². The van der Waals surface area contributed by atoms with Crippen LogP contribution in [0.4, 0.5) is 0 Å². The van der Waals surface area contributed by atoms with E-state index in [9.17, 15) is 19.5 Å². The fourth-order valence-corrected chi connectivity index (χ4v) is 10.5. The highest BCUT2D eigenvalue weighted by Gasteiger charge is 2.69. The van der Waals surface area contributed by atoms with E-state index in [0.29, 0.717) is 30.1 Å². The Hall–Kier alpha value is -1.43. The highest BCUT2D eigenvalue weighted by Crippen LogP contribution is 2.73. The van der Waals surface area contributed by atoms with Gasteiger partial charge in [0.25, 0.3) is 0 Å². The van der Waals surface area contributed by atoms with Crippen molar-refractivity contribution in [2.45, 2.75) is 138 Å². The Morgan fingerprint density at radius 3 is 2.11 bits per heavy atom. The summed E-state index contributed by atoms with van der Waals surface area (Å²) in [6.45, 7) is 16.7. The monoisotopic (exact) mass is 532 g/mol. The summed E-state index contributed by atoms with van der Waals surface area (Å²) < 4.78 is 12.1. The van der Waals surface area contributed by atoms with Crippen molar-refractivity contribution in [1.82, 2.24) is 0 Å². The first-order chi connectivity index (χ1) is 17.6. The third kappa shape index (κ3) is 4.75. The number of aliphatic hydroxyl groups is 1. The summed E-state index contributed by atoms with van der Waals surface area (Å²) in [4.78, 5) is 38.0. The summed E-state index contributed by atoms with van der Waals surface area (Å²) in [5.74, 6) is 0.0593. The van der Waals surface area contributed by atoms with Gasteiger partial charge in [-0.25, -0.2) is 0 Å². The predicted octanol–water partition coefficient (Wildman–Crippen LogP) is 6.27. The fraction of sp³-hybridized carbons (Fsp3) is 0.906. The molecular weight excluding hydrogens is 480 g/mol. The average Bonchev–Trinajstić information content (AvgIpc) is 2.80. The van der Waals surface area contributed by atoms with Crippen LogP contribution in [0.3, 0.4) is 0 Å². The molecule has 4 aliphatic rings. The average molecular weight is 533 g/mol. The minimum atomic E-state index is -0.786. The molecule has 0 aromatic carbocycles. The van der Waals surface area contributed by atoms with E-state index in [-0.39, 0.29) is 46.4 Å². The molecule has 0 aromatic rings. The lowest BCUT2D eigenvalue weighted by Gasteiger charge is -2.71. The maximum absolute atomic E-state index is 12.9. The Morgan fingerprint density at radius 2 is 1.53 bits per heavy atom. The Kier molecular flexibility index (Phi) is 7.93. The molecule has 4 rings (SSSR count). The summed E-state index contributed by atoms with van der Waals surface area (Å²) in [6, 6.07) is 0. The lowest BCUT2D eigenvalue weighted by Crippen LogP contribution is -2.67. The van der Waals surface area contributed by atoms with Crippen LogP contribution in [0.5, 0.6) is 0 Å². The molecule has 0 aliphatic heterocycles. The minimum absolute atomic E-state index is 0.000667. The molecule has 11 atom stereocenters. The van der Waals surface area contributed by atoms with Gasteiger partial charge in [0.2, 0.25) is 0 Å². The number of aliphatic hydroxyl groups excluding tert-OH is 1. The normalized spacial score (nSPS) is 47.1. The molecule has 6 nitrogen and oxygen atoms in total. The molecular formula is C32H52O6. The van der Waals surface area contributed by atoms with Crippen LogP contribution in [0, 0.1) is 45.3 Å². The van der Waals surface area contributed by atoms with E-state index in [1.165, 1.54) is 39.0 Å². The van der Waals surface area contributed by atoms with E-state index >= 15 is 0 Å². The van der Waals surface area contributed by atoms with Crippen LogP contribution in [-0.4, -0.2) is 41.1 Å². The van der Waals surface area contributed by atoms with Crippen LogP contribution in [0.2, 0.25) is 0 Å². The van der Waals surface area contributed by atoms with Gasteiger partial charge in [-0.2, -0.15) is 0 Å². The Balaban J connectivity index is 1.77. The number of ether oxygens (including phenoxy) is 2. The van der Waals surface area contributed by atoms with Gasteiger partial charge in [-0.05, 0) is 92.8 Å². The van der Waals surface area contributed by atoms with Crippen LogP contribution in [0.1, 0.15) is 120 Å². The molecule has 0 bridgehead atoms. The number of hydrogen-bond acceptors (Lipinski definition) is 6. The smallest absolute Gasteiger partial charge is 0.308 e. The van der Waals surface area contributed by atoms with Crippen molar-refractivity contribution >= 4 is 17.7 Å². The highest BCUT2D eigenvalue weighted by molar-refractivity contribution is 5.80. The van der Waals surface area contributed by atoms with Crippen LogP contribution >= 0.6 is 0 Å². The van der Waals surface area contributed by atoms with Crippen molar-refractivity contribution in [3.05, 3.63) is 0 Å². The van der Waals surface area contributed by atoms with Gasteiger partial charge in [0.1, 0.15) is 18.0 Å².